The molecule has 0 unspecified atom stereocenters. The van der Waals surface area contributed by atoms with E-state index in [9.17, 15) is 14.4 Å². The maximum atomic E-state index is 12.1. The van der Waals surface area contributed by atoms with E-state index in [0.717, 1.165) is 0 Å². The summed E-state index contributed by atoms with van der Waals surface area (Å²) in [6, 6.07) is 4.38. The molecule has 0 saturated heterocycles. The van der Waals surface area contributed by atoms with E-state index >= 15 is 0 Å². The molecular formula is C19H19Cl2N7O4. The molecule has 11 nitrogen and oxygen atoms in total. The summed E-state index contributed by atoms with van der Waals surface area (Å²) >= 11 is 11.7. The van der Waals surface area contributed by atoms with Crippen LogP contribution in [0, 0.1) is 0 Å². The quantitative estimate of drug-likeness (QED) is 0.305. The number of carbonyl (C=O) groups is 3. The van der Waals surface area contributed by atoms with Gasteiger partial charge in [-0.05, 0) is 24.6 Å². The number of hydrogen-bond acceptors (Lipinski definition) is 8. The van der Waals surface area contributed by atoms with Gasteiger partial charge in [-0.2, -0.15) is 0 Å². The van der Waals surface area contributed by atoms with Crippen LogP contribution in [0.5, 0.6) is 0 Å². The number of anilines is 1. The second kappa shape index (κ2) is 10.7. The lowest BCUT2D eigenvalue weighted by Gasteiger charge is -2.09. The minimum atomic E-state index is -0.604. The van der Waals surface area contributed by atoms with Crippen LogP contribution in [0.25, 0.3) is 11.2 Å². The summed E-state index contributed by atoms with van der Waals surface area (Å²) in [6.45, 7) is -0.00937. The SMILES string of the molecule is Nc1ncnc2c1ncn2CCCOC(=O)CNC(=O)CNC(=O)c1ccc(Cl)cc1Cl. The molecule has 1 aromatic carbocycles. The number of nitrogens with zero attached hydrogens (tertiary/aromatic N) is 4. The van der Waals surface area contributed by atoms with Crippen LogP contribution in [-0.2, 0) is 20.9 Å². The molecule has 0 aliphatic heterocycles. The molecule has 32 heavy (non-hydrogen) atoms. The van der Waals surface area contributed by atoms with Crippen LogP contribution in [0.2, 0.25) is 10.0 Å². The lowest BCUT2D eigenvalue weighted by atomic mass is 10.2. The lowest BCUT2D eigenvalue weighted by molar-refractivity contribution is -0.144. The highest BCUT2D eigenvalue weighted by Crippen LogP contribution is 2.20. The number of imidazole rings is 1. The fourth-order valence-corrected chi connectivity index (χ4v) is 3.19. The summed E-state index contributed by atoms with van der Waals surface area (Å²) in [5, 5.41) is 5.33. The van der Waals surface area contributed by atoms with Gasteiger partial charge in [-0.1, -0.05) is 23.2 Å². The summed E-state index contributed by atoms with van der Waals surface area (Å²) < 4.78 is 6.86. The van der Waals surface area contributed by atoms with Crippen LogP contribution < -0.4 is 16.4 Å². The van der Waals surface area contributed by atoms with E-state index in [1.165, 1.54) is 24.5 Å². The first-order valence-corrected chi connectivity index (χ1v) is 10.2. The monoisotopic (exact) mass is 479 g/mol. The molecule has 0 aliphatic rings. The second-order valence-corrected chi connectivity index (χ2v) is 7.37. The highest BCUT2D eigenvalue weighted by Gasteiger charge is 2.13. The first kappa shape index (κ1) is 23.2. The van der Waals surface area contributed by atoms with Gasteiger partial charge in [0.15, 0.2) is 11.5 Å². The molecule has 4 N–H and O–H groups in total. The largest absolute Gasteiger partial charge is 0.464 e. The number of amides is 2. The van der Waals surface area contributed by atoms with Gasteiger partial charge in [-0.3, -0.25) is 14.4 Å². The van der Waals surface area contributed by atoms with Crippen LogP contribution in [-0.4, -0.2) is 57.0 Å². The van der Waals surface area contributed by atoms with Gasteiger partial charge in [-0.25, -0.2) is 15.0 Å². The van der Waals surface area contributed by atoms with Crippen molar-refractivity contribution in [2.45, 2.75) is 13.0 Å². The zero-order valence-electron chi connectivity index (χ0n) is 16.7. The van der Waals surface area contributed by atoms with Gasteiger partial charge in [0.1, 0.15) is 18.4 Å². The van der Waals surface area contributed by atoms with Gasteiger partial charge in [0.2, 0.25) is 5.91 Å². The number of nitrogens with two attached hydrogens (primary N) is 1. The molecule has 0 bridgehead atoms. The normalized spacial score (nSPS) is 10.7. The maximum absolute atomic E-state index is 12.1. The molecule has 3 aromatic rings. The fourth-order valence-electron chi connectivity index (χ4n) is 2.70. The summed E-state index contributed by atoms with van der Waals surface area (Å²) in [4.78, 5) is 47.9. The predicted octanol–water partition coefficient (Wildman–Crippen LogP) is 1.19. The highest BCUT2D eigenvalue weighted by molar-refractivity contribution is 6.36. The molecule has 13 heteroatoms. The van der Waals surface area contributed by atoms with Gasteiger partial charge in [-0.15, -0.1) is 0 Å². The minimum Gasteiger partial charge on any atom is -0.464 e. The first-order chi connectivity index (χ1) is 15.3. The Hall–Kier alpha value is -3.44. The van der Waals surface area contributed by atoms with E-state index in [1.54, 1.807) is 10.9 Å². The third-order valence-electron chi connectivity index (χ3n) is 4.25. The maximum Gasteiger partial charge on any atom is 0.325 e. The van der Waals surface area contributed by atoms with Crippen molar-refractivity contribution in [3.05, 3.63) is 46.5 Å². The Morgan fingerprint density at radius 1 is 1.09 bits per heavy atom. The molecule has 0 fully saturated rings. The van der Waals surface area contributed by atoms with Crippen LogP contribution in [0.1, 0.15) is 16.8 Å². The Labute approximate surface area is 192 Å². The number of hydrogen-bond donors (Lipinski definition) is 3. The Balaban J connectivity index is 1.33. The third-order valence-corrected chi connectivity index (χ3v) is 4.80. The van der Waals surface area contributed by atoms with Crippen LogP contribution in [0.3, 0.4) is 0 Å². The second-order valence-electron chi connectivity index (χ2n) is 6.53. The van der Waals surface area contributed by atoms with E-state index in [0.29, 0.717) is 35.0 Å². The molecule has 168 valence electrons. The number of nitrogens with one attached hydrogen (secondary N) is 2. The van der Waals surface area contributed by atoms with Crippen molar-refractivity contribution >= 4 is 58.0 Å². The Kier molecular flexibility index (Phi) is 7.79. The van der Waals surface area contributed by atoms with Crippen LogP contribution in [0.4, 0.5) is 5.82 Å². The fraction of sp³-hybridized carbons (Fsp3) is 0.263. The molecule has 0 radical (unpaired) electrons. The summed E-state index contributed by atoms with van der Waals surface area (Å²) in [6.07, 6.45) is 3.45. The van der Waals surface area contributed by atoms with Crippen molar-refractivity contribution in [1.82, 2.24) is 30.2 Å². The minimum absolute atomic E-state index is 0.140. The van der Waals surface area contributed by atoms with Crippen molar-refractivity contribution in [1.29, 1.82) is 0 Å². The summed E-state index contributed by atoms with van der Waals surface area (Å²) in [5.74, 6) is -1.40. The van der Waals surface area contributed by atoms with E-state index in [1.807, 2.05) is 0 Å². The number of aromatic nitrogens is 4. The Bertz CT molecular complexity index is 1150. The number of aryl methyl sites for hydroxylation is 1. The molecule has 0 saturated carbocycles. The van der Waals surface area contributed by atoms with Crippen molar-refractivity contribution in [2.24, 2.45) is 0 Å². The summed E-state index contributed by atoms with van der Waals surface area (Å²) in [5.41, 5.74) is 7.03. The first-order valence-electron chi connectivity index (χ1n) is 9.42. The van der Waals surface area contributed by atoms with E-state index < -0.39 is 17.8 Å². The lowest BCUT2D eigenvalue weighted by Crippen LogP contribution is -2.39. The number of halogens is 2. The average Bonchev–Trinajstić information content (AvgIpc) is 3.18. The molecule has 2 heterocycles. The zero-order chi connectivity index (χ0) is 23.1. The van der Waals surface area contributed by atoms with Gasteiger partial charge >= 0.3 is 5.97 Å². The molecule has 2 amide bonds. The molecule has 3 rings (SSSR count). The van der Waals surface area contributed by atoms with Crippen LogP contribution >= 0.6 is 23.2 Å². The number of fused-ring (bicyclic) bond motifs is 1. The zero-order valence-corrected chi connectivity index (χ0v) is 18.2. The smallest absolute Gasteiger partial charge is 0.325 e. The summed E-state index contributed by atoms with van der Waals surface area (Å²) in [7, 11) is 0. The molecule has 2 aromatic heterocycles. The Morgan fingerprint density at radius 3 is 2.69 bits per heavy atom. The van der Waals surface area contributed by atoms with E-state index in [-0.39, 0.29) is 30.3 Å². The van der Waals surface area contributed by atoms with Gasteiger partial charge in [0.05, 0.1) is 30.1 Å². The third kappa shape index (κ3) is 6.05. The number of ether oxygens (including phenoxy) is 1. The number of benzene rings is 1. The van der Waals surface area contributed by atoms with Crippen molar-refractivity contribution in [2.75, 3.05) is 25.4 Å². The average molecular weight is 480 g/mol. The number of esters is 1. The van der Waals surface area contributed by atoms with Gasteiger partial charge in [0, 0.05) is 11.6 Å². The molecule has 0 atom stereocenters. The van der Waals surface area contributed by atoms with Gasteiger partial charge < -0.3 is 25.7 Å². The standard InChI is InChI=1S/C19H19Cl2N7O4/c20-11-2-3-12(13(21)6-11)19(31)24-7-14(29)23-8-15(30)32-5-1-4-28-10-27-16-17(22)25-9-26-18(16)28/h2-3,6,9-10H,1,4-5,7-8H2,(H,23,29)(H,24,31)(H2,22,25,26). The topological polar surface area (TPSA) is 154 Å². The number of rotatable bonds is 9. The van der Waals surface area contributed by atoms with E-state index in [4.69, 9.17) is 33.7 Å². The van der Waals surface area contributed by atoms with Crippen molar-refractivity contribution in [3.8, 4) is 0 Å². The van der Waals surface area contributed by atoms with E-state index in [2.05, 4.69) is 25.6 Å². The number of carbonyl (C=O) groups excluding carboxylic acids is 3. The van der Waals surface area contributed by atoms with Crippen molar-refractivity contribution < 1.29 is 19.1 Å². The van der Waals surface area contributed by atoms with Crippen molar-refractivity contribution in [3.63, 3.8) is 0 Å². The number of nitrogen functional groups attached to an aromatic ring is 1. The molecule has 0 aliphatic carbocycles. The Morgan fingerprint density at radius 2 is 1.91 bits per heavy atom. The molecule has 0 spiro atoms. The van der Waals surface area contributed by atoms with Gasteiger partial charge in [0.25, 0.3) is 5.91 Å². The molecular weight excluding hydrogens is 461 g/mol. The van der Waals surface area contributed by atoms with Crippen LogP contribution in [0.15, 0.2) is 30.9 Å². The highest BCUT2D eigenvalue weighted by atomic mass is 35.5. The predicted molar refractivity (Wildman–Crippen MR) is 117 cm³/mol.